The van der Waals surface area contributed by atoms with Crippen LogP contribution in [0.25, 0.3) is 0 Å². The molecule has 5 N–H and O–H groups in total. The molecule has 2 aromatic rings. The third kappa shape index (κ3) is 3.50. The van der Waals surface area contributed by atoms with Crippen molar-refractivity contribution in [1.29, 1.82) is 0 Å². The van der Waals surface area contributed by atoms with Crippen molar-refractivity contribution in [3.8, 4) is 0 Å². The maximum atomic E-state index is 11.8. The van der Waals surface area contributed by atoms with Crippen molar-refractivity contribution < 1.29 is 0 Å². The van der Waals surface area contributed by atoms with Gasteiger partial charge in [0.2, 0.25) is 0 Å². The van der Waals surface area contributed by atoms with Gasteiger partial charge >= 0.3 is 5.69 Å². The zero-order valence-electron chi connectivity index (χ0n) is 11.8. The number of nitrogens with one attached hydrogen (secondary N) is 3. The van der Waals surface area contributed by atoms with Crippen LogP contribution in [-0.2, 0) is 13.0 Å². The van der Waals surface area contributed by atoms with E-state index in [1.54, 1.807) is 0 Å². The lowest BCUT2D eigenvalue weighted by atomic mass is 10.3. The summed E-state index contributed by atoms with van der Waals surface area (Å²) in [4.78, 5) is 29.8. The molecule has 0 aliphatic heterocycles. The summed E-state index contributed by atoms with van der Waals surface area (Å²) in [6, 6.07) is 0. The molecule has 0 amide bonds. The van der Waals surface area contributed by atoms with E-state index >= 15 is 0 Å². The van der Waals surface area contributed by atoms with E-state index < -0.39 is 11.2 Å². The number of aromatic nitrogens is 5. The third-order valence-electron chi connectivity index (χ3n) is 3.04. The number of H-pyrrole nitrogens is 2. The van der Waals surface area contributed by atoms with Crippen molar-refractivity contribution in [2.24, 2.45) is 0 Å². The van der Waals surface area contributed by atoms with Gasteiger partial charge in [-0.25, -0.2) is 9.78 Å². The van der Waals surface area contributed by atoms with Gasteiger partial charge in [0.1, 0.15) is 23.7 Å². The Labute approximate surface area is 120 Å². The van der Waals surface area contributed by atoms with Gasteiger partial charge in [-0.3, -0.25) is 19.4 Å². The number of nitrogens with zero attached hydrogens (tertiary/aromatic N) is 3. The second-order valence-corrected chi connectivity index (χ2v) is 4.63. The Balaban J connectivity index is 2.04. The summed E-state index contributed by atoms with van der Waals surface area (Å²) >= 11 is 0. The van der Waals surface area contributed by atoms with Crippen molar-refractivity contribution >= 4 is 11.5 Å². The standard InChI is InChI=1S/C12H19N7O2/c1-2-6-19-10(13)9(11(20)17-12(19)21)14-5-3-4-8-15-7-16-18-8/h7,14H,2-6,13H2,1H3,(H,15,16,18)(H,17,20,21). The lowest BCUT2D eigenvalue weighted by Crippen LogP contribution is -2.34. The Morgan fingerprint density at radius 3 is 2.90 bits per heavy atom. The molecule has 0 saturated carbocycles. The third-order valence-corrected chi connectivity index (χ3v) is 3.04. The topological polar surface area (TPSA) is 134 Å². The molecule has 0 aromatic carbocycles. The number of aryl methyl sites for hydroxylation is 1. The van der Waals surface area contributed by atoms with Gasteiger partial charge in [0.15, 0.2) is 0 Å². The van der Waals surface area contributed by atoms with Crippen molar-refractivity contribution in [3.05, 3.63) is 33.0 Å². The minimum absolute atomic E-state index is 0.172. The summed E-state index contributed by atoms with van der Waals surface area (Å²) < 4.78 is 1.36. The molecule has 0 unspecified atom stereocenters. The Kier molecular flexibility index (Phi) is 4.75. The molecular weight excluding hydrogens is 274 g/mol. The number of rotatable bonds is 7. The van der Waals surface area contributed by atoms with Crippen LogP contribution in [0.1, 0.15) is 25.6 Å². The fourth-order valence-electron chi connectivity index (χ4n) is 2.02. The van der Waals surface area contributed by atoms with E-state index in [9.17, 15) is 9.59 Å². The van der Waals surface area contributed by atoms with Crippen molar-refractivity contribution in [2.75, 3.05) is 17.6 Å². The van der Waals surface area contributed by atoms with E-state index in [2.05, 4.69) is 25.5 Å². The number of nitrogens with two attached hydrogens (primary N) is 1. The Morgan fingerprint density at radius 1 is 1.43 bits per heavy atom. The maximum Gasteiger partial charge on any atom is 0.330 e. The van der Waals surface area contributed by atoms with Crippen LogP contribution in [-0.4, -0.2) is 31.3 Å². The van der Waals surface area contributed by atoms with E-state index in [0.717, 1.165) is 18.7 Å². The Hall–Kier alpha value is -2.58. The molecule has 114 valence electrons. The molecule has 9 heteroatoms. The first-order valence-electron chi connectivity index (χ1n) is 6.84. The fourth-order valence-corrected chi connectivity index (χ4v) is 2.02. The highest BCUT2D eigenvalue weighted by atomic mass is 16.2. The lowest BCUT2D eigenvalue weighted by Gasteiger charge is -2.12. The highest BCUT2D eigenvalue weighted by molar-refractivity contribution is 5.60. The Morgan fingerprint density at radius 2 is 2.24 bits per heavy atom. The summed E-state index contributed by atoms with van der Waals surface area (Å²) in [6.07, 6.45) is 3.66. The van der Waals surface area contributed by atoms with Gasteiger partial charge in [-0.1, -0.05) is 6.92 Å². The monoisotopic (exact) mass is 293 g/mol. The van der Waals surface area contributed by atoms with Gasteiger partial charge < -0.3 is 11.1 Å². The highest BCUT2D eigenvalue weighted by Gasteiger charge is 2.11. The maximum absolute atomic E-state index is 11.8. The number of anilines is 2. The van der Waals surface area contributed by atoms with Gasteiger partial charge in [-0.15, -0.1) is 0 Å². The van der Waals surface area contributed by atoms with Crippen molar-refractivity contribution in [2.45, 2.75) is 32.7 Å². The molecule has 0 bridgehead atoms. The van der Waals surface area contributed by atoms with Crippen LogP contribution in [0.2, 0.25) is 0 Å². The molecule has 0 saturated heterocycles. The first-order chi connectivity index (χ1) is 10.1. The minimum atomic E-state index is -0.496. The summed E-state index contributed by atoms with van der Waals surface area (Å²) in [5.41, 5.74) is 5.16. The second kappa shape index (κ2) is 6.73. The molecule has 0 fully saturated rings. The van der Waals surface area contributed by atoms with Crippen LogP contribution in [0, 0.1) is 0 Å². The predicted molar refractivity (Wildman–Crippen MR) is 79.2 cm³/mol. The van der Waals surface area contributed by atoms with E-state index in [4.69, 9.17) is 5.73 Å². The van der Waals surface area contributed by atoms with E-state index in [-0.39, 0.29) is 11.5 Å². The van der Waals surface area contributed by atoms with E-state index in [0.29, 0.717) is 19.5 Å². The molecule has 2 heterocycles. The molecule has 9 nitrogen and oxygen atoms in total. The van der Waals surface area contributed by atoms with Gasteiger partial charge in [-0.2, -0.15) is 5.10 Å². The van der Waals surface area contributed by atoms with Crippen molar-refractivity contribution in [1.82, 2.24) is 24.7 Å². The average molecular weight is 293 g/mol. The largest absolute Gasteiger partial charge is 0.383 e. The zero-order chi connectivity index (χ0) is 15.2. The smallest absolute Gasteiger partial charge is 0.330 e. The molecular formula is C12H19N7O2. The summed E-state index contributed by atoms with van der Waals surface area (Å²) in [5.74, 6) is 0.958. The molecule has 0 atom stereocenters. The minimum Gasteiger partial charge on any atom is -0.383 e. The summed E-state index contributed by atoms with van der Waals surface area (Å²) in [6.45, 7) is 2.94. The number of nitrogen functional groups attached to an aromatic ring is 1. The van der Waals surface area contributed by atoms with Crippen LogP contribution in [0.4, 0.5) is 11.5 Å². The number of aromatic amines is 2. The van der Waals surface area contributed by atoms with Gasteiger partial charge in [0, 0.05) is 19.5 Å². The van der Waals surface area contributed by atoms with E-state index in [1.807, 2.05) is 6.92 Å². The predicted octanol–water partition coefficient (Wildman–Crippen LogP) is -0.308. The van der Waals surface area contributed by atoms with Crippen LogP contribution < -0.4 is 22.3 Å². The normalized spacial score (nSPS) is 10.7. The molecule has 0 radical (unpaired) electrons. The molecule has 0 aliphatic carbocycles. The van der Waals surface area contributed by atoms with Gasteiger partial charge in [0.25, 0.3) is 5.56 Å². The van der Waals surface area contributed by atoms with Crippen LogP contribution in [0.5, 0.6) is 0 Å². The quantitative estimate of drug-likeness (QED) is 0.517. The zero-order valence-corrected chi connectivity index (χ0v) is 11.8. The molecule has 21 heavy (non-hydrogen) atoms. The number of hydrogen-bond donors (Lipinski definition) is 4. The van der Waals surface area contributed by atoms with Crippen LogP contribution in [0.15, 0.2) is 15.9 Å². The fraction of sp³-hybridized carbons (Fsp3) is 0.500. The van der Waals surface area contributed by atoms with Gasteiger partial charge in [-0.05, 0) is 12.8 Å². The SMILES string of the molecule is CCCn1c(N)c(NCCCc2ncn[nH]2)c(=O)[nH]c1=O. The van der Waals surface area contributed by atoms with Gasteiger partial charge in [0.05, 0.1) is 0 Å². The first-order valence-corrected chi connectivity index (χ1v) is 6.84. The van der Waals surface area contributed by atoms with E-state index in [1.165, 1.54) is 10.9 Å². The van der Waals surface area contributed by atoms with Crippen molar-refractivity contribution in [3.63, 3.8) is 0 Å². The Bertz CT molecular complexity index is 687. The van der Waals surface area contributed by atoms with Crippen LogP contribution in [0.3, 0.4) is 0 Å². The average Bonchev–Trinajstić information content (AvgIpc) is 2.95. The molecule has 2 aromatic heterocycles. The summed E-state index contributed by atoms with van der Waals surface area (Å²) in [5, 5.41) is 9.50. The molecule has 0 spiro atoms. The van der Waals surface area contributed by atoms with Crippen LogP contribution >= 0.6 is 0 Å². The highest BCUT2D eigenvalue weighted by Crippen LogP contribution is 2.10. The lowest BCUT2D eigenvalue weighted by molar-refractivity contribution is 0.642. The number of hydrogen-bond acceptors (Lipinski definition) is 6. The second-order valence-electron chi connectivity index (χ2n) is 4.63. The first kappa shape index (κ1) is 14.8. The molecule has 2 rings (SSSR count). The molecule has 0 aliphatic rings. The summed E-state index contributed by atoms with van der Waals surface area (Å²) in [7, 11) is 0.